The molecule has 1 aromatic carbocycles. The van der Waals surface area contributed by atoms with Crippen molar-refractivity contribution in [3.8, 4) is 0 Å². The molecule has 2 aromatic rings. The number of aliphatic hydroxyl groups excluding tert-OH is 1. The van der Waals surface area contributed by atoms with Crippen molar-refractivity contribution in [3.05, 3.63) is 24.3 Å². The number of aliphatic hydroxyl groups is 1. The molecule has 4 nitrogen and oxygen atoms in total. The van der Waals surface area contributed by atoms with E-state index in [9.17, 15) is 5.11 Å². The lowest BCUT2D eigenvalue weighted by molar-refractivity contribution is 0.207. The van der Waals surface area contributed by atoms with Crippen LogP contribution in [0.3, 0.4) is 0 Å². The van der Waals surface area contributed by atoms with Crippen LogP contribution >= 0.6 is 11.8 Å². The second-order valence-electron chi connectivity index (χ2n) is 3.15. The SMILES string of the molecule is NCC(O)CSc1nc2ccccc2o1. The molecule has 1 atom stereocenters. The highest BCUT2D eigenvalue weighted by molar-refractivity contribution is 7.99. The van der Waals surface area contributed by atoms with Crippen molar-refractivity contribution in [3.63, 3.8) is 0 Å². The topological polar surface area (TPSA) is 72.3 Å². The van der Waals surface area contributed by atoms with E-state index in [4.69, 9.17) is 10.2 Å². The molecule has 0 saturated heterocycles. The number of benzene rings is 1. The van der Waals surface area contributed by atoms with Crippen LogP contribution in [-0.2, 0) is 0 Å². The van der Waals surface area contributed by atoms with E-state index < -0.39 is 6.10 Å². The maximum Gasteiger partial charge on any atom is 0.256 e. The van der Waals surface area contributed by atoms with Crippen LogP contribution in [0.25, 0.3) is 11.1 Å². The van der Waals surface area contributed by atoms with Crippen LogP contribution in [0.15, 0.2) is 33.9 Å². The van der Waals surface area contributed by atoms with Gasteiger partial charge in [0.25, 0.3) is 5.22 Å². The Hall–Kier alpha value is -1.04. The summed E-state index contributed by atoms with van der Waals surface area (Å²) < 4.78 is 5.46. The predicted molar refractivity (Wildman–Crippen MR) is 59.8 cm³/mol. The Kier molecular flexibility index (Phi) is 3.25. The number of thioether (sulfide) groups is 1. The first-order valence-corrected chi connectivity index (χ1v) is 5.64. The normalized spacial score (nSPS) is 13.2. The van der Waals surface area contributed by atoms with E-state index in [0.717, 1.165) is 11.1 Å². The molecule has 0 aliphatic rings. The molecule has 0 amide bonds. The Labute approximate surface area is 91.5 Å². The van der Waals surface area contributed by atoms with Crippen LogP contribution in [0, 0.1) is 0 Å². The Bertz CT molecular complexity index is 411. The van der Waals surface area contributed by atoms with Gasteiger partial charge in [0, 0.05) is 12.3 Å². The third-order valence-corrected chi connectivity index (χ3v) is 2.92. The number of hydrogen-bond acceptors (Lipinski definition) is 5. The molecule has 0 fully saturated rings. The second kappa shape index (κ2) is 4.65. The smallest absolute Gasteiger partial charge is 0.256 e. The largest absolute Gasteiger partial charge is 0.431 e. The van der Waals surface area contributed by atoms with Gasteiger partial charge in [-0.3, -0.25) is 0 Å². The van der Waals surface area contributed by atoms with Gasteiger partial charge in [-0.1, -0.05) is 23.9 Å². The number of hydrogen-bond donors (Lipinski definition) is 2. The molecule has 1 unspecified atom stereocenters. The summed E-state index contributed by atoms with van der Waals surface area (Å²) in [6.07, 6.45) is -0.509. The number of fused-ring (bicyclic) bond motifs is 1. The third kappa shape index (κ3) is 2.50. The van der Waals surface area contributed by atoms with Crippen LogP contribution in [0.2, 0.25) is 0 Å². The third-order valence-electron chi connectivity index (χ3n) is 1.95. The molecule has 0 saturated carbocycles. The summed E-state index contributed by atoms with van der Waals surface area (Å²) in [6, 6.07) is 7.57. The Morgan fingerprint density at radius 2 is 2.27 bits per heavy atom. The molecule has 3 N–H and O–H groups in total. The predicted octanol–water partition coefficient (Wildman–Crippen LogP) is 1.24. The number of nitrogens with zero attached hydrogens (tertiary/aromatic N) is 1. The van der Waals surface area contributed by atoms with E-state index in [-0.39, 0.29) is 6.54 Å². The van der Waals surface area contributed by atoms with Crippen LogP contribution in [0.4, 0.5) is 0 Å². The number of para-hydroxylation sites is 2. The zero-order valence-electron chi connectivity index (χ0n) is 8.09. The van der Waals surface area contributed by atoms with Crippen molar-refractivity contribution in [2.45, 2.75) is 11.3 Å². The highest BCUT2D eigenvalue weighted by Gasteiger charge is 2.08. The molecule has 0 spiro atoms. The van der Waals surface area contributed by atoms with Crippen molar-refractivity contribution in [2.24, 2.45) is 5.73 Å². The number of aromatic nitrogens is 1. The zero-order valence-corrected chi connectivity index (χ0v) is 8.91. The fourth-order valence-corrected chi connectivity index (χ4v) is 1.93. The highest BCUT2D eigenvalue weighted by atomic mass is 32.2. The molecular weight excluding hydrogens is 212 g/mol. The van der Waals surface area contributed by atoms with Gasteiger partial charge in [-0.05, 0) is 12.1 Å². The van der Waals surface area contributed by atoms with Gasteiger partial charge in [0.2, 0.25) is 0 Å². The summed E-state index contributed by atoms with van der Waals surface area (Å²) >= 11 is 1.37. The molecule has 0 bridgehead atoms. The van der Waals surface area contributed by atoms with Gasteiger partial charge in [-0.2, -0.15) is 0 Å². The first-order valence-electron chi connectivity index (χ1n) is 4.66. The van der Waals surface area contributed by atoms with Crippen molar-refractivity contribution in [1.29, 1.82) is 0 Å². The van der Waals surface area contributed by atoms with Gasteiger partial charge < -0.3 is 15.3 Å². The molecule has 2 rings (SSSR count). The molecule has 15 heavy (non-hydrogen) atoms. The number of nitrogens with two attached hydrogens (primary N) is 1. The first kappa shape index (κ1) is 10.5. The van der Waals surface area contributed by atoms with Gasteiger partial charge in [-0.25, -0.2) is 4.98 Å². The maximum atomic E-state index is 9.28. The maximum absolute atomic E-state index is 9.28. The van der Waals surface area contributed by atoms with Gasteiger partial charge in [0.05, 0.1) is 6.10 Å². The quantitative estimate of drug-likeness (QED) is 0.764. The molecule has 80 valence electrons. The molecule has 0 radical (unpaired) electrons. The van der Waals surface area contributed by atoms with Crippen molar-refractivity contribution in [2.75, 3.05) is 12.3 Å². The summed E-state index contributed by atoms with van der Waals surface area (Å²) in [5.41, 5.74) is 6.90. The summed E-state index contributed by atoms with van der Waals surface area (Å²) in [4.78, 5) is 4.26. The standard InChI is InChI=1S/C10H12N2O2S/c11-5-7(13)6-15-10-12-8-3-1-2-4-9(8)14-10/h1-4,7,13H,5-6,11H2. The summed E-state index contributed by atoms with van der Waals surface area (Å²) in [5, 5.41) is 9.85. The van der Waals surface area contributed by atoms with Crippen molar-refractivity contribution >= 4 is 22.9 Å². The van der Waals surface area contributed by atoms with E-state index in [1.807, 2.05) is 24.3 Å². The minimum atomic E-state index is -0.509. The van der Waals surface area contributed by atoms with Gasteiger partial charge in [-0.15, -0.1) is 0 Å². The van der Waals surface area contributed by atoms with E-state index in [1.54, 1.807) is 0 Å². The van der Waals surface area contributed by atoms with Crippen LogP contribution in [-0.4, -0.2) is 28.5 Å². The first-order chi connectivity index (χ1) is 7.29. The lowest BCUT2D eigenvalue weighted by Crippen LogP contribution is -2.21. The lowest BCUT2D eigenvalue weighted by atomic mass is 10.3. The molecule has 0 aliphatic heterocycles. The Morgan fingerprint density at radius 1 is 1.47 bits per heavy atom. The minimum absolute atomic E-state index is 0.257. The second-order valence-corrected chi connectivity index (χ2v) is 4.12. The lowest BCUT2D eigenvalue weighted by Gasteiger charge is -2.03. The number of rotatable bonds is 4. The number of oxazole rings is 1. The van der Waals surface area contributed by atoms with Crippen LogP contribution in [0.1, 0.15) is 0 Å². The summed E-state index contributed by atoms with van der Waals surface area (Å²) in [5.74, 6) is 0.503. The van der Waals surface area contributed by atoms with Gasteiger partial charge in [0.1, 0.15) is 5.52 Å². The van der Waals surface area contributed by atoms with Crippen LogP contribution in [0.5, 0.6) is 0 Å². The van der Waals surface area contributed by atoms with Crippen molar-refractivity contribution in [1.82, 2.24) is 4.98 Å². The van der Waals surface area contributed by atoms with Crippen LogP contribution < -0.4 is 5.73 Å². The zero-order chi connectivity index (χ0) is 10.7. The fourth-order valence-electron chi connectivity index (χ4n) is 1.15. The molecule has 0 aliphatic carbocycles. The fraction of sp³-hybridized carbons (Fsp3) is 0.300. The summed E-state index contributed by atoms with van der Waals surface area (Å²) in [7, 11) is 0. The Balaban J connectivity index is 2.09. The molecule has 1 heterocycles. The van der Waals surface area contributed by atoms with E-state index in [0.29, 0.717) is 11.0 Å². The minimum Gasteiger partial charge on any atom is -0.431 e. The molecular formula is C10H12N2O2S. The van der Waals surface area contributed by atoms with E-state index in [1.165, 1.54) is 11.8 Å². The molecule has 1 aromatic heterocycles. The molecule has 5 heteroatoms. The summed E-state index contributed by atoms with van der Waals surface area (Å²) in [6.45, 7) is 0.257. The van der Waals surface area contributed by atoms with Gasteiger partial charge in [0.15, 0.2) is 5.58 Å². The monoisotopic (exact) mass is 224 g/mol. The average molecular weight is 224 g/mol. The highest BCUT2D eigenvalue weighted by Crippen LogP contribution is 2.23. The average Bonchev–Trinajstić information content (AvgIpc) is 2.68. The van der Waals surface area contributed by atoms with Gasteiger partial charge >= 0.3 is 0 Å². The van der Waals surface area contributed by atoms with Crippen molar-refractivity contribution < 1.29 is 9.52 Å². The Morgan fingerprint density at radius 3 is 3.00 bits per heavy atom. The van der Waals surface area contributed by atoms with E-state index >= 15 is 0 Å². The van der Waals surface area contributed by atoms with E-state index in [2.05, 4.69) is 4.98 Å².